The molecular formula is C21H14N2O5S. The first kappa shape index (κ1) is 18.7. The third kappa shape index (κ3) is 4.12. The second kappa shape index (κ2) is 7.76. The van der Waals surface area contributed by atoms with Gasteiger partial charge in [-0.05, 0) is 47.7 Å². The molecule has 0 aliphatic carbocycles. The van der Waals surface area contributed by atoms with Crippen molar-refractivity contribution in [1.82, 2.24) is 0 Å². The maximum absolute atomic E-state index is 12.6. The molecule has 3 aromatic rings. The lowest BCUT2D eigenvalue weighted by Gasteiger charge is -2.05. The van der Waals surface area contributed by atoms with Crippen LogP contribution in [0.3, 0.4) is 0 Å². The number of aliphatic imine (C=N–C) groups is 1. The number of anilines is 1. The van der Waals surface area contributed by atoms with Crippen LogP contribution in [-0.2, 0) is 16.0 Å². The Morgan fingerprint density at radius 1 is 1.14 bits per heavy atom. The molecule has 4 rings (SSSR count). The van der Waals surface area contributed by atoms with Crippen molar-refractivity contribution < 1.29 is 19.1 Å². The number of carboxylic acids is 1. The molecule has 0 fully saturated rings. The molecule has 144 valence electrons. The third-order valence-corrected chi connectivity index (χ3v) is 5.07. The number of hydrogen-bond donors (Lipinski definition) is 2. The zero-order chi connectivity index (χ0) is 20.4. The molecule has 1 amide bonds. The van der Waals surface area contributed by atoms with Crippen LogP contribution >= 0.6 is 11.8 Å². The summed E-state index contributed by atoms with van der Waals surface area (Å²) in [6.45, 7) is 0. The number of para-hydroxylation sites is 1. The summed E-state index contributed by atoms with van der Waals surface area (Å²) in [5, 5.41) is 12.6. The van der Waals surface area contributed by atoms with E-state index in [1.165, 1.54) is 12.3 Å². The highest BCUT2D eigenvalue weighted by atomic mass is 32.2. The Kier molecular flexibility index (Phi) is 5.01. The van der Waals surface area contributed by atoms with Gasteiger partial charge in [0.05, 0.1) is 22.3 Å². The fraction of sp³-hybridized carbons (Fsp3) is 0.0476. The quantitative estimate of drug-likeness (QED) is 0.638. The highest BCUT2D eigenvalue weighted by Crippen LogP contribution is 2.29. The van der Waals surface area contributed by atoms with Crippen LogP contribution < -0.4 is 10.7 Å². The minimum Gasteiger partial charge on any atom is -0.481 e. The van der Waals surface area contributed by atoms with E-state index in [9.17, 15) is 14.4 Å². The molecule has 0 spiro atoms. The average Bonchev–Trinajstić information content (AvgIpc) is 3.04. The molecule has 0 unspecified atom stereocenters. The summed E-state index contributed by atoms with van der Waals surface area (Å²) in [5.41, 5.74) is 1.88. The first-order chi connectivity index (χ1) is 14.0. The van der Waals surface area contributed by atoms with Crippen molar-refractivity contribution in [2.24, 2.45) is 4.99 Å². The van der Waals surface area contributed by atoms with Gasteiger partial charge in [0.15, 0.2) is 10.6 Å². The van der Waals surface area contributed by atoms with Crippen LogP contribution in [-0.4, -0.2) is 22.2 Å². The molecule has 8 heteroatoms. The van der Waals surface area contributed by atoms with E-state index in [-0.39, 0.29) is 17.4 Å². The van der Waals surface area contributed by atoms with E-state index in [4.69, 9.17) is 9.52 Å². The molecule has 0 saturated carbocycles. The van der Waals surface area contributed by atoms with Gasteiger partial charge in [-0.1, -0.05) is 24.3 Å². The van der Waals surface area contributed by atoms with Crippen molar-refractivity contribution in [3.63, 3.8) is 0 Å². The highest BCUT2D eigenvalue weighted by Gasteiger charge is 2.22. The maximum atomic E-state index is 12.6. The Morgan fingerprint density at radius 3 is 2.66 bits per heavy atom. The molecule has 0 bridgehead atoms. The van der Waals surface area contributed by atoms with E-state index in [1.54, 1.807) is 48.5 Å². The van der Waals surface area contributed by atoms with Crippen LogP contribution in [0, 0.1) is 0 Å². The van der Waals surface area contributed by atoms with Crippen molar-refractivity contribution in [2.45, 2.75) is 6.42 Å². The number of carbonyl (C=O) groups is 2. The Morgan fingerprint density at radius 2 is 1.90 bits per heavy atom. The zero-order valence-corrected chi connectivity index (χ0v) is 15.7. The van der Waals surface area contributed by atoms with Crippen molar-refractivity contribution >= 4 is 51.5 Å². The number of aliphatic carboxylic acids is 1. The van der Waals surface area contributed by atoms with Crippen LogP contribution in [0.15, 0.2) is 73.9 Å². The van der Waals surface area contributed by atoms with Gasteiger partial charge in [0, 0.05) is 5.69 Å². The maximum Gasteiger partial charge on any atom is 0.307 e. The topological polar surface area (TPSA) is 109 Å². The summed E-state index contributed by atoms with van der Waals surface area (Å²) >= 11 is 1.11. The molecule has 2 heterocycles. The van der Waals surface area contributed by atoms with Crippen LogP contribution in [0.1, 0.15) is 11.1 Å². The largest absolute Gasteiger partial charge is 0.481 e. The van der Waals surface area contributed by atoms with E-state index in [1.807, 2.05) is 0 Å². The number of nitrogens with zero attached hydrogens (tertiary/aromatic N) is 1. The van der Waals surface area contributed by atoms with Gasteiger partial charge in [0.25, 0.3) is 5.91 Å². The van der Waals surface area contributed by atoms with E-state index >= 15 is 0 Å². The highest BCUT2D eigenvalue weighted by molar-refractivity contribution is 8.18. The summed E-state index contributed by atoms with van der Waals surface area (Å²) in [4.78, 5) is 39.8. The average molecular weight is 406 g/mol. The number of nitrogens with one attached hydrogen (secondary N) is 1. The molecule has 0 atom stereocenters. The van der Waals surface area contributed by atoms with Gasteiger partial charge in [0.1, 0.15) is 11.8 Å². The Balaban J connectivity index is 1.51. The van der Waals surface area contributed by atoms with Crippen molar-refractivity contribution in [3.05, 3.63) is 81.0 Å². The van der Waals surface area contributed by atoms with E-state index in [2.05, 4.69) is 10.3 Å². The van der Waals surface area contributed by atoms with E-state index in [0.717, 1.165) is 11.8 Å². The van der Waals surface area contributed by atoms with Crippen molar-refractivity contribution in [2.75, 3.05) is 5.32 Å². The standard InChI is InChI=1S/C21H14N2O5S/c24-18(25)9-12-5-7-14(8-6-12)22-21-23-20(27)17(29-21)10-13-11-28-16-4-2-1-3-15(16)19(13)26/h1-8,10-11H,9H2,(H,24,25)(H,22,23,27). The molecule has 0 saturated heterocycles. The molecule has 0 radical (unpaired) electrons. The predicted molar refractivity (Wildman–Crippen MR) is 112 cm³/mol. The number of carbonyl (C=O) groups excluding carboxylic acids is 1. The molecule has 2 aromatic carbocycles. The fourth-order valence-electron chi connectivity index (χ4n) is 2.80. The SMILES string of the molecule is O=C(O)Cc1ccc(NC2=NC(=O)C(=Cc3coc4ccccc4c3=O)S2)cc1. The van der Waals surface area contributed by atoms with Crippen molar-refractivity contribution in [1.29, 1.82) is 0 Å². The Hall–Kier alpha value is -3.65. The van der Waals surface area contributed by atoms with Gasteiger partial charge in [-0.2, -0.15) is 4.99 Å². The summed E-state index contributed by atoms with van der Waals surface area (Å²) in [7, 11) is 0. The molecule has 1 aliphatic heterocycles. The van der Waals surface area contributed by atoms with Gasteiger partial charge >= 0.3 is 5.97 Å². The fourth-order valence-corrected chi connectivity index (χ4v) is 3.63. The summed E-state index contributed by atoms with van der Waals surface area (Å²) in [6.07, 6.45) is 2.74. The monoisotopic (exact) mass is 406 g/mol. The number of hydrogen-bond acceptors (Lipinski definition) is 6. The van der Waals surface area contributed by atoms with Gasteiger partial charge in [-0.15, -0.1) is 0 Å². The summed E-state index contributed by atoms with van der Waals surface area (Å²) in [6, 6.07) is 13.7. The van der Waals surface area contributed by atoms with Gasteiger partial charge in [0.2, 0.25) is 0 Å². The first-order valence-electron chi connectivity index (χ1n) is 8.60. The summed E-state index contributed by atoms with van der Waals surface area (Å²) < 4.78 is 5.47. The minimum absolute atomic E-state index is 0.0598. The number of benzene rings is 2. The molecule has 29 heavy (non-hydrogen) atoms. The molecule has 2 N–H and O–H groups in total. The number of carboxylic acid groups (broad SMARTS) is 1. The number of thioether (sulfide) groups is 1. The molecule has 7 nitrogen and oxygen atoms in total. The summed E-state index contributed by atoms with van der Waals surface area (Å²) in [5.74, 6) is -1.35. The Labute approximate surface area is 168 Å². The van der Waals surface area contributed by atoms with E-state index in [0.29, 0.717) is 32.3 Å². The number of amides is 1. The van der Waals surface area contributed by atoms with Gasteiger partial charge < -0.3 is 14.8 Å². The molecule has 1 aliphatic rings. The lowest BCUT2D eigenvalue weighted by Crippen LogP contribution is -2.06. The molecular weight excluding hydrogens is 392 g/mol. The number of fused-ring (bicyclic) bond motifs is 1. The van der Waals surface area contributed by atoms with Crippen LogP contribution in [0.2, 0.25) is 0 Å². The van der Waals surface area contributed by atoms with Crippen LogP contribution in [0.25, 0.3) is 17.0 Å². The minimum atomic E-state index is -0.903. The van der Waals surface area contributed by atoms with Gasteiger partial charge in [-0.3, -0.25) is 14.4 Å². The lowest BCUT2D eigenvalue weighted by molar-refractivity contribution is -0.136. The van der Waals surface area contributed by atoms with E-state index < -0.39 is 11.9 Å². The van der Waals surface area contributed by atoms with Crippen LogP contribution in [0.4, 0.5) is 5.69 Å². The first-order valence-corrected chi connectivity index (χ1v) is 9.42. The van der Waals surface area contributed by atoms with Gasteiger partial charge in [-0.25, -0.2) is 0 Å². The smallest absolute Gasteiger partial charge is 0.307 e. The predicted octanol–water partition coefficient (Wildman–Crippen LogP) is 3.50. The second-order valence-corrected chi connectivity index (χ2v) is 7.27. The Bertz CT molecular complexity index is 1240. The number of rotatable bonds is 4. The molecule has 1 aromatic heterocycles. The van der Waals surface area contributed by atoms with Crippen LogP contribution in [0.5, 0.6) is 0 Å². The lowest BCUT2D eigenvalue weighted by atomic mass is 10.1. The van der Waals surface area contributed by atoms with Crippen molar-refractivity contribution in [3.8, 4) is 0 Å². The number of amidine groups is 1. The zero-order valence-electron chi connectivity index (χ0n) is 14.9. The normalized spacial score (nSPS) is 15.0. The second-order valence-electron chi connectivity index (χ2n) is 6.24. The third-order valence-electron chi connectivity index (χ3n) is 4.17.